The van der Waals surface area contributed by atoms with Crippen LogP contribution in [-0.2, 0) is 11.3 Å². The lowest BCUT2D eigenvalue weighted by atomic mass is 9.80. The Morgan fingerprint density at radius 3 is 2.86 bits per heavy atom. The van der Waals surface area contributed by atoms with E-state index in [4.69, 9.17) is 23.1 Å². The third-order valence-electron chi connectivity index (χ3n) is 5.30. The maximum atomic E-state index is 12.0. The maximum Gasteiger partial charge on any atom is 0.229 e. The van der Waals surface area contributed by atoms with Gasteiger partial charge in [-0.2, -0.15) is 0 Å². The number of pyridine rings is 1. The van der Waals surface area contributed by atoms with Gasteiger partial charge in [-0.15, -0.1) is 0 Å². The minimum atomic E-state index is -0.754. The highest BCUT2D eigenvalue weighted by Crippen LogP contribution is 2.31. The Labute approximate surface area is 167 Å². The average Bonchev–Trinajstić information content (AvgIpc) is 3.12. The van der Waals surface area contributed by atoms with E-state index in [1.807, 2.05) is 24.3 Å². The molecule has 1 atom stereocenters. The number of aryl methyl sites for hydroxylation is 1. The van der Waals surface area contributed by atoms with Crippen molar-refractivity contribution in [2.75, 3.05) is 12.3 Å². The lowest BCUT2D eigenvalue weighted by Crippen LogP contribution is -2.39. The van der Waals surface area contributed by atoms with Crippen molar-refractivity contribution in [2.24, 2.45) is 16.1 Å². The monoisotopic (exact) mass is 396 g/mol. The Kier molecular flexibility index (Phi) is 4.77. The highest BCUT2D eigenvalue weighted by atomic mass is 35.5. The fourth-order valence-corrected chi connectivity index (χ4v) is 3.82. The van der Waals surface area contributed by atoms with Crippen LogP contribution in [0.5, 0.6) is 0 Å². The van der Waals surface area contributed by atoms with Crippen molar-refractivity contribution >= 4 is 50.4 Å². The Balaban J connectivity index is 1.51. The molecule has 1 aliphatic rings. The third-order valence-corrected chi connectivity index (χ3v) is 5.54. The van der Waals surface area contributed by atoms with Gasteiger partial charge in [0.2, 0.25) is 5.91 Å². The Morgan fingerprint density at radius 1 is 1.29 bits per heavy atom. The van der Waals surface area contributed by atoms with Crippen molar-refractivity contribution in [1.82, 2.24) is 14.5 Å². The fraction of sp³-hybridized carbons (Fsp3) is 0.300. The molecule has 7 nitrogen and oxygen atoms in total. The first-order valence-corrected chi connectivity index (χ1v) is 9.56. The van der Waals surface area contributed by atoms with Gasteiger partial charge in [0.1, 0.15) is 10.7 Å². The SMILES string of the molecule is NC(=O)C1(CCCCn2cnc3c(N)nc4ccccc4c32)C=CC(Cl)=NC1. The van der Waals surface area contributed by atoms with Crippen LogP contribution in [0.15, 0.2) is 47.7 Å². The second kappa shape index (κ2) is 7.24. The van der Waals surface area contributed by atoms with Gasteiger partial charge in [0.25, 0.3) is 0 Å². The number of para-hydroxylation sites is 1. The molecule has 3 aromatic rings. The van der Waals surface area contributed by atoms with Gasteiger partial charge in [-0.05, 0) is 25.0 Å². The number of rotatable bonds is 6. The number of aliphatic imine (C=N–C) groups is 1. The smallest absolute Gasteiger partial charge is 0.229 e. The molecule has 8 heteroatoms. The average molecular weight is 397 g/mol. The molecule has 0 fully saturated rings. The molecule has 0 saturated carbocycles. The number of imidazole rings is 1. The molecule has 0 aliphatic carbocycles. The van der Waals surface area contributed by atoms with E-state index < -0.39 is 5.41 Å². The van der Waals surface area contributed by atoms with Crippen LogP contribution in [0.4, 0.5) is 5.82 Å². The highest BCUT2D eigenvalue weighted by molar-refractivity contribution is 6.68. The van der Waals surface area contributed by atoms with Crippen LogP contribution in [0.3, 0.4) is 0 Å². The van der Waals surface area contributed by atoms with Gasteiger partial charge in [-0.3, -0.25) is 9.79 Å². The predicted octanol–water partition coefficient (Wildman–Crippen LogP) is 3.02. The first kappa shape index (κ1) is 18.4. The lowest BCUT2D eigenvalue weighted by molar-refractivity contribution is -0.125. The van der Waals surface area contributed by atoms with Crippen LogP contribution in [0, 0.1) is 5.41 Å². The second-order valence-electron chi connectivity index (χ2n) is 7.10. The van der Waals surface area contributed by atoms with Crippen LogP contribution in [0.1, 0.15) is 19.3 Å². The summed E-state index contributed by atoms with van der Waals surface area (Å²) < 4.78 is 2.10. The number of halogens is 1. The summed E-state index contributed by atoms with van der Waals surface area (Å²) >= 11 is 5.88. The number of hydrogen-bond donors (Lipinski definition) is 2. The van der Waals surface area contributed by atoms with Gasteiger partial charge >= 0.3 is 0 Å². The molecule has 1 aliphatic heterocycles. The standard InChI is InChI=1S/C20H21ClN6O/c21-15-7-9-20(11-24-15,19(23)28)8-3-4-10-27-12-25-16-17(27)13-5-1-2-6-14(13)26-18(16)22/h1-2,5-7,9,12H,3-4,8,10-11H2,(H2,22,26)(H2,23,28). The topological polar surface area (TPSA) is 112 Å². The Hall–Kier alpha value is -2.93. The third kappa shape index (κ3) is 3.22. The molecule has 1 amide bonds. The number of anilines is 1. The van der Waals surface area contributed by atoms with Crippen LogP contribution < -0.4 is 11.5 Å². The van der Waals surface area contributed by atoms with E-state index in [-0.39, 0.29) is 5.91 Å². The summed E-state index contributed by atoms with van der Waals surface area (Å²) in [7, 11) is 0. The number of hydrogen-bond acceptors (Lipinski definition) is 5. The molecule has 1 aromatic carbocycles. The van der Waals surface area contributed by atoms with E-state index in [0.717, 1.165) is 35.8 Å². The number of fused-ring (bicyclic) bond motifs is 3. The fourth-order valence-electron chi connectivity index (χ4n) is 3.69. The van der Waals surface area contributed by atoms with Crippen molar-refractivity contribution < 1.29 is 4.79 Å². The molecular weight excluding hydrogens is 376 g/mol. The molecule has 4 rings (SSSR count). The molecule has 28 heavy (non-hydrogen) atoms. The van der Waals surface area contributed by atoms with E-state index in [0.29, 0.717) is 29.5 Å². The van der Waals surface area contributed by atoms with Crippen LogP contribution in [0.25, 0.3) is 21.9 Å². The van der Waals surface area contributed by atoms with Crippen LogP contribution >= 0.6 is 11.6 Å². The van der Waals surface area contributed by atoms with Crippen molar-refractivity contribution in [3.63, 3.8) is 0 Å². The molecule has 4 N–H and O–H groups in total. The van der Waals surface area contributed by atoms with Crippen molar-refractivity contribution in [1.29, 1.82) is 0 Å². The lowest BCUT2D eigenvalue weighted by Gasteiger charge is -2.27. The van der Waals surface area contributed by atoms with Crippen LogP contribution in [-0.4, -0.2) is 32.2 Å². The van der Waals surface area contributed by atoms with E-state index in [9.17, 15) is 4.79 Å². The summed E-state index contributed by atoms with van der Waals surface area (Å²) in [5.41, 5.74) is 13.5. The normalized spacial score (nSPS) is 19.2. The molecule has 1 unspecified atom stereocenters. The largest absolute Gasteiger partial charge is 0.382 e. The first-order chi connectivity index (χ1) is 13.5. The summed E-state index contributed by atoms with van der Waals surface area (Å²) in [5, 5.41) is 1.43. The van der Waals surface area contributed by atoms with Crippen molar-refractivity contribution in [3.8, 4) is 0 Å². The number of benzene rings is 1. The zero-order chi connectivity index (χ0) is 19.7. The first-order valence-electron chi connectivity index (χ1n) is 9.18. The van der Waals surface area contributed by atoms with Gasteiger partial charge in [0.05, 0.1) is 29.3 Å². The quantitative estimate of drug-likeness (QED) is 0.623. The molecule has 0 radical (unpaired) electrons. The Morgan fingerprint density at radius 2 is 2.11 bits per heavy atom. The minimum Gasteiger partial charge on any atom is -0.382 e. The van der Waals surface area contributed by atoms with Gasteiger partial charge < -0.3 is 16.0 Å². The number of carbonyl (C=O) groups excluding carboxylic acids is 1. The Bertz CT molecular complexity index is 1120. The molecule has 0 spiro atoms. The zero-order valence-corrected chi connectivity index (χ0v) is 16.1. The summed E-state index contributed by atoms with van der Waals surface area (Å²) in [5.74, 6) is 0.0665. The molecule has 0 saturated heterocycles. The van der Waals surface area contributed by atoms with Crippen molar-refractivity contribution in [3.05, 3.63) is 42.7 Å². The minimum absolute atomic E-state index is 0.304. The number of primary amides is 1. The summed E-state index contributed by atoms with van der Waals surface area (Å²) in [4.78, 5) is 25.0. The number of aromatic nitrogens is 3. The number of carbonyl (C=O) groups is 1. The predicted molar refractivity (Wildman–Crippen MR) is 112 cm³/mol. The number of nitrogens with zero attached hydrogens (tertiary/aromatic N) is 4. The molecule has 144 valence electrons. The number of unbranched alkanes of at least 4 members (excludes halogenated alkanes) is 1. The molecule has 3 heterocycles. The van der Waals surface area contributed by atoms with E-state index >= 15 is 0 Å². The van der Waals surface area contributed by atoms with Crippen molar-refractivity contribution in [2.45, 2.75) is 25.8 Å². The molecule has 0 bridgehead atoms. The molecule has 2 aromatic heterocycles. The number of nitrogen functional groups attached to an aromatic ring is 1. The number of allylic oxidation sites excluding steroid dienone is 1. The zero-order valence-electron chi connectivity index (χ0n) is 15.3. The maximum absolute atomic E-state index is 12.0. The van der Waals surface area contributed by atoms with E-state index in [2.05, 4.69) is 19.5 Å². The summed E-state index contributed by atoms with van der Waals surface area (Å²) in [6.07, 6.45) is 7.55. The van der Waals surface area contributed by atoms with Crippen LogP contribution in [0.2, 0.25) is 0 Å². The van der Waals surface area contributed by atoms with Gasteiger partial charge in [0.15, 0.2) is 5.82 Å². The van der Waals surface area contributed by atoms with Gasteiger partial charge in [-0.1, -0.05) is 42.3 Å². The molecular formula is C20H21ClN6O. The highest BCUT2D eigenvalue weighted by Gasteiger charge is 2.34. The van der Waals surface area contributed by atoms with Gasteiger partial charge in [-0.25, -0.2) is 9.97 Å². The second-order valence-corrected chi connectivity index (χ2v) is 7.49. The number of amides is 1. The van der Waals surface area contributed by atoms with Gasteiger partial charge in [0, 0.05) is 11.9 Å². The summed E-state index contributed by atoms with van der Waals surface area (Å²) in [6, 6.07) is 7.89. The summed E-state index contributed by atoms with van der Waals surface area (Å²) in [6.45, 7) is 1.06. The number of dihydropyridines is 1. The number of nitrogens with two attached hydrogens (primary N) is 2. The van der Waals surface area contributed by atoms with E-state index in [1.165, 1.54) is 0 Å². The van der Waals surface area contributed by atoms with E-state index in [1.54, 1.807) is 18.5 Å².